The molecule has 0 saturated heterocycles. The van der Waals surface area contributed by atoms with E-state index in [2.05, 4.69) is 0 Å². The quantitative estimate of drug-likeness (QED) is 0.193. The second kappa shape index (κ2) is 10.2. The lowest BCUT2D eigenvalue weighted by molar-refractivity contribution is -0.445. The van der Waals surface area contributed by atoms with Gasteiger partial charge in [0.25, 0.3) is 5.67 Å². The van der Waals surface area contributed by atoms with E-state index in [-0.39, 0.29) is 0 Å². The highest BCUT2D eigenvalue weighted by atomic mass is 32.2. The van der Waals surface area contributed by atoms with E-state index in [0.717, 1.165) is 0 Å². The van der Waals surface area contributed by atoms with Gasteiger partial charge in [-0.3, -0.25) is 9.11 Å². The molecule has 3 atom stereocenters. The largest absolute Gasteiger partial charge is 0.437 e. The third kappa shape index (κ3) is 4.87. The molecular weight excluding hydrogens is 728 g/mol. The Morgan fingerprint density at radius 3 is 0.930 bits per heavy atom. The summed E-state index contributed by atoms with van der Waals surface area (Å²) < 4.78 is 338. The van der Waals surface area contributed by atoms with Crippen LogP contribution in [0.5, 0.6) is 0 Å². The second-order valence-electron chi connectivity index (χ2n) is 7.94. The standard InChI is InChI=1S/C13H8F20O8S2/c14-4(13(32,33)43(39,40)41,5(15,9(20,21)22)10(23,24)25)3(35,1-2-34)8(19,42(36,37)38)7(17,18)6(16,11(26,27)28)12(29,30)31/h34-35H,1-2H2,(H,36,37,38)(H,39,40,41). The molecule has 0 aromatic heterocycles. The Balaban J connectivity index is 9.51. The van der Waals surface area contributed by atoms with Gasteiger partial charge < -0.3 is 10.2 Å². The van der Waals surface area contributed by atoms with Gasteiger partial charge >= 0.3 is 72.5 Å². The molecule has 0 bridgehead atoms. The Hall–Kier alpha value is -1.66. The van der Waals surface area contributed by atoms with E-state index in [1.807, 2.05) is 0 Å². The SMILES string of the molecule is O=S(=O)(O)C(F)(F)C(F)(C(O)(CCO)C(F)(C(F)(F)C(F)(C(F)(F)F)C(F)(F)F)S(=O)(=O)O)C(F)(C(F)(F)F)C(F)(F)F. The molecule has 0 fully saturated rings. The molecule has 0 aliphatic carbocycles. The van der Waals surface area contributed by atoms with Gasteiger partial charge in [-0.25, -0.2) is 17.6 Å². The van der Waals surface area contributed by atoms with Crippen LogP contribution in [0, 0.1) is 0 Å². The average Bonchev–Trinajstić information content (AvgIpc) is 2.71. The highest BCUT2D eigenvalue weighted by Crippen LogP contribution is 2.70. The summed E-state index contributed by atoms with van der Waals surface area (Å²) in [5.41, 5.74) is -36.9. The van der Waals surface area contributed by atoms with Crippen molar-refractivity contribution in [2.75, 3.05) is 6.61 Å². The summed E-state index contributed by atoms with van der Waals surface area (Å²) in [5.74, 6) is -9.57. The molecular formula is C13H8F20O8S2. The van der Waals surface area contributed by atoms with Gasteiger partial charge in [0, 0.05) is 13.0 Å². The van der Waals surface area contributed by atoms with Gasteiger partial charge in [-0.1, -0.05) is 0 Å². The van der Waals surface area contributed by atoms with Gasteiger partial charge in [0.2, 0.25) is 0 Å². The number of alkyl halides is 20. The molecule has 0 radical (unpaired) electrons. The first-order valence-corrected chi connectivity index (χ1v) is 12.0. The first-order chi connectivity index (χ1) is 18.1. The number of aliphatic hydroxyl groups excluding tert-OH is 1. The van der Waals surface area contributed by atoms with Crippen molar-refractivity contribution >= 4 is 20.2 Å². The molecule has 30 heteroatoms. The fourth-order valence-electron chi connectivity index (χ4n) is 3.54. The van der Waals surface area contributed by atoms with Crippen LogP contribution in [-0.2, 0) is 20.2 Å². The van der Waals surface area contributed by atoms with Crippen LogP contribution in [0.15, 0.2) is 0 Å². The molecule has 0 spiro atoms. The molecule has 8 nitrogen and oxygen atoms in total. The molecule has 43 heavy (non-hydrogen) atoms. The Kier molecular flexibility index (Phi) is 9.78. The zero-order valence-electron chi connectivity index (χ0n) is 18.7. The summed E-state index contributed by atoms with van der Waals surface area (Å²) in [6.45, 7) is -3.45. The molecule has 0 aliphatic heterocycles. The highest BCUT2D eigenvalue weighted by molar-refractivity contribution is 7.87. The van der Waals surface area contributed by atoms with Crippen molar-refractivity contribution in [1.82, 2.24) is 0 Å². The van der Waals surface area contributed by atoms with Crippen molar-refractivity contribution in [3.8, 4) is 0 Å². The molecule has 0 rings (SSSR count). The van der Waals surface area contributed by atoms with E-state index < -0.39 is 96.8 Å². The van der Waals surface area contributed by atoms with E-state index in [9.17, 15) is 101 Å². The van der Waals surface area contributed by atoms with E-state index in [0.29, 0.717) is 0 Å². The lowest BCUT2D eigenvalue weighted by atomic mass is 9.65. The lowest BCUT2D eigenvalue weighted by Crippen LogP contribution is -2.89. The molecule has 260 valence electrons. The predicted molar refractivity (Wildman–Crippen MR) is 89.2 cm³/mol. The van der Waals surface area contributed by atoms with Crippen LogP contribution < -0.4 is 0 Å². The fraction of sp³-hybridized carbons (Fsp3) is 1.00. The summed E-state index contributed by atoms with van der Waals surface area (Å²) in [6.07, 6.45) is -39.8. The summed E-state index contributed by atoms with van der Waals surface area (Å²) in [6, 6.07) is 0. The van der Waals surface area contributed by atoms with Crippen molar-refractivity contribution in [2.45, 2.75) is 69.9 Å². The topological polar surface area (TPSA) is 149 Å². The first-order valence-electron chi connectivity index (χ1n) is 9.11. The van der Waals surface area contributed by atoms with Crippen molar-refractivity contribution in [3.63, 3.8) is 0 Å². The van der Waals surface area contributed by atoms with Crippen LogP contribution in [0.1, 0.15) is 6.42 Å². The number of hydrogen-bond donors (Lipinski definition) is 4. The summed E-state index contributed by atoms with van der Waals surface area (Å²) in [7, 11) is -18.3. The minimum Gasteiger partial charge on any atom is -0.396 e. The van der Waals surface area contributed by atoms with Gasteiger partial charge in [0.05, 0.1) is 0 Å². The second-order valence-corrected chi connectivity index (χ2v) is 10.9. The number of hydrogen-bond acceptors (Lipinski definition) is 6. The average molecular weight is 736 g/mol. The van der Waals surface area contributed by atoms with Gasteiger partial charge in [0.1, 0.15) is 0 Å². The van der Waals surface area contributed by atoms with Gasteiger partial charge in [-0.15, -0.1) is 0 Å². The van der Waals surface area contributed by atoms with Crippen LogP contribution in [0.2, 0.25) is 0 Å². The Morgan fingerprint density at radius 1 is 0.465 bits per heavy atom. The van der Waals surface area contributed by atoms with Gasteiger partial charge in [0.15, 0.2) is 5.60 Å². The molecule has 0 amide bonds. The van der Waals surface area contributed by atoms with E-state index >= 15 is 8.78 Å². The van der Waals surface area contributed by atoms with Crippen LogP contribution in [0.25, 0.3) is 0 Å². The van der Waals surface area contributed by atoms with Crippen LogP contribution in [0.3, 0.4) is 0 Å². The van der Waals surface area contributed by atoms with Crippen LogP contribution >= 0.6 is 0 Å². The third-order valence-corrected chi connectivity index (χ3v) is 7.76. The van der Waals surface area contributed by atoms with Gasteiger partial charge in [-0.2, -0.15) is 87.1 Å². The van der Waals surface area contributed by atoms with E-state index in [4.69, 9.17) is 14.2 Å². The zero-order valence-corrected chi connectivity index (χ0v) is 20.3. The van der Waals surface area contributed by atoms with Crippen LogP contribution in [-0.4, -0.2) is 106 Å². The predicted octanol–water partition coefficient (Wildman–Crippen LogP) is 4.14. The van der Waals surface area contributed by atoms with Crippen molar-refractivity contribution < 1.29 is 124 Å². The third-order valence-electron chi connectivity index (χ3n) is 5.53. The van der Waals surface area contributed by atoms with Crippen LogP contribution in [0.4, 0.5) is 87.8 Å². The molecule has 0 heterocycles. The van der Waals surface area contributed by atoms with Crippen molar-refractivity contribution in [3.05, 3.63) is 0 Å². The molecule has 0 saturated carbocycles. The monoisotopic (exact) mass is 736 g/mol. The number of rotatable bonds is 10. The summed E-state index contributed by atoms with van der Waals surface area (Å²) in [5, 5.41) is 0.273. The summed E-state index contributed by atoms with van der Waals surface area (Å²) >= 11 is 0. The Morgan fingerprint density at radius 2 is 0.744 bits per heavy atom. The Labute approximate surface area is 221 Å². The van der Waals surface area contributed by atoms with Crippen molar-refractivity contribution in [1.29, 1.82) is 0 Å². The lowest BCUT2D eigenvalue weighted by Gasteiger charge is -2.56. The smallest absolute Gasteiger partial charge is 0.396 e. The first kappa shape index (κ1) is 41.3. The molecule has 0 aliphatic rings. The maximum atomic E-state index is 15.8. The molecule has 0 aromatic rings. The fourth-order valence-corrected chi connectivity index (χ4v) is 5.34. The maximum Gasteiger partial charge on any atom is 0.437 e. The Bertz CT molecular complexity index is 1240. The van der Waals surface area contributed by atoms with Crippen molar-refractivity contribution in [2.24, 2.45) is 0 Å². The summed E-state index contributed by atoms with van der Waals surface area (Å²) in [4.78, 5) is 0. The minimum atomic E-state index is -9.57. The normalized spacial score (nSPS) is 20.3. The van der Waals surface area contributed by atoms with Gasteiger partial charge in [-0.05, 0) is 0 Å². The molecule has 3 unspecified atom stereocenters. The zero-order chi connectivity index (χ0) is 35.9. The van der Waals surface area contributed by atoms with E-state index in [1.165, 1.54) is 0 Å². The minimum absolute atomic E-state index is 3.45. The number of halogens is 20. The maximum absolute atomic E-state index is 15.8. The van der Waals surface area contributed by atoms with E-state index in [1.54, 1.807) is 0 Å². The highest BCUT2D eigenvalue weighted by Gasteiger charge is 3.03. The number of aliphatic hydroxyl groups is 2. The molecule has 0 aromatic carbocycles. The molecule has 4 N–H and O–H groups in total.